The highest BCUT2D eigenvalue weighted by atomic mass is 35.5. The molecule has 0 radical (unpaired) electrons. The number of nitrogens with one attached hydrogen (secondary N) is 1. The molecule has 0 aromatic heterocycles. The Hall–Kier alpha value is -2.25. The van der Waals surface area contributed by atoms with Crippen LogP contribution in [0.4, 0.5) is 5.69 Å². The summed E-state index contributed by atoms with van der Waals surface area (Å²) in [7, 11) is -2.57. The minimum absolute atomic E-state index is 0.0729. The van der Waals surface area contributed by atoms with Gasteiger partial charge in [0.1, 0.15) is 10.6 Å². The van der Waals surface area contributed by atoms with Crippen LogP contribution in [0.5, 0.6) is 5.75 Å². The molecule has 0 heterocycles. The Balaban J connectivity index is 2.48. The number of nitrogens with two attached hydrogens (primary N) is 1. The van der Waals surface area contributed by atoms with Crippen molar-refractivity contribution in [2.24, 2.45) is 5.73 Å². The number of sulfonamides is 1. The number of anilines is 1. The van der Waals surface area contributed by atoms with Crippen molar-refractivity contribution >= 4 is 33.2 Å². The largest absolute Gasteiger partial charge is 0.495 e. The molecular formula is C15H15ClN2O4S. The van der Waals surface area contributed by atoms with E-state index in [-0.39, 0.29) is 26.9 Å². The van der Waals surface area contributed by atoms with Gasteiger partial charge in [0, 0.05) is 5.56 Å². The standard InChI is InChI=1S/C15H15ClN2O4S/c1-9-3-6-14(11(16)7-9)23(20,21)18-12-8-10(15(17)19)4-5-13(12)22-2/h3-8,18H,1-2H3,(H2,17,19). The normalized spacial score (nSPS) is 11.1. The van der Waals surface area contributed by atoms with Crippen LogP contribution in [0, 0.1) is 6.92 Å². The summed E-state index contributed by atoms with van der Waals surface area (Å²) in [5, 5.41) is 0.0996. The molecule has 0 aliphatic carbocycles. The van der Waals surface area contributed by atoms with Crippen LogP contribution < -0.4 is 15.2 Å². The quantitative estimate of drug-likeness (QED) is 0.861. The molecule has 0 fully saturated rings. The van der Waals surface area contributed by atoms with E-state index in [0.29, 0.717) is 0 Å². The number of hydrogen-bond donors (Lipinski definition) is 2. The van der Waals surface area contributed by atoms with E-state index in [4.69, 9.17) is 22.1 Å². The lowest BCUT2D eigenvalue weighted by atomic mass is 10.2. The molecule has 0 aliphatic heterocycles. The van der Waals surface area contributed by atoms with Gasteiger partial charge in [-0.05, 0) is 42.8 Å². The summed E-state index contributed by atoms with van der Waals surface area (Å²) in [6, 6.07) is 8.79. The van der Waals surface area contributed by atoms with Crippen LogP contribution in [0.15, 0.2) is 41.3 Å². The molecule has 0 aliphatic rings. The molecule has 1 amide bonds. The van der Waals surface area contributed by atoms with Crippen molar-refractivity contribution < 1.29 is 17.9 Å². The lowest BCUT2D eigenvalue weighted by Crippen LogP contribution is -2.16. The maximum absolute atomic E-state index is 12.5. The second-order valence-corrected chi connectivity index (χ2v) is 6.88. The number of benzene rings is 2. The first kappa shape index (κ1) is 17.1. The Morgan fingerprint density at radius 3 is 2.48 bits per heavy atom. The Labute approximate surface area is 139 Å². The fraction of sp³-hybridized carbons (Fsp3) is 0.133. The highest BCUT2D eigenvalue weighted by molar-refractivity contribution is 7.92. The summed E-state index contributed by atoms with van der Waals surface area (Å²) >= 11 is 6.01. The molecule has 2 aromatic rings. The van der Waals surface area contributed by atoms with E-state index in [0.717, 1.165) is 5.56 Å². The fourth-order valence-electron chi connectivity index (χ4n) is 1.96. The van der Waals surface area contributed by atoms with Crippen molar-refractivity contribution in [3.05, 3.63) is 52.5 Å². The van der Waals surface area contributed by atoms with Gasteiger partial charge in [-0.1, -0.05) is 17.7 Å². The zero-order valence-electron chi connectivity index (χ0n) is 12.5. The minimum Gasteiger partial charge on any atom is -0.495 e. The molecule has 23 heavy (non-hydrogen) atoms. The lowest BCUT2D eigenvalue weighted by molar-refractivity contribution is 0.100. The maximum atomic E-state index is 12.5. The zero-order valence-corrected chi connectivity index (χ0v) is 14.0. The highest BCUT2D eigenvalue weighted by Gasteiger charge is 2.20. The number of hydrogen-bond acceptors (Lipinski definition) is 4. The molecule has 2 aromatic carbocycles. The second-order valence-electron chi connectivity index (χ2n) is 4.82. The molecule has 2 rings (SSSR count). The van der Waals surface area contributed by atoms with Gasteiger partial charge in [0.05, 0.1) is 17.8 Å². The molecular weight excluding hydrogens is 340 g/mol. The summed E-state index contributed by atoms with van der Waals surface area (Å²) in [6.45, 7) is 1.80. The van der Waals surface area contributed by atoms with E-state index in [2.05, 4.69) is 4.72 Å². The van der Waals surface area contributed by atoms with Crippen LogP contribution in [0.3, 0.4) is 0 Å². The van der Waals surface area contributed by atoms with Crippen molar-refractivity contribution in [2.45, 2.75) is 11.8 Å². The van der Waals surface area contributed by atoms with Crippen molar-refractivity contribution in [3.8, 4) is 5.75 Å². The minimum atomic E-state index is -3.95. The van der Waals surface area contributed by atoms with Crippen LogP contribution in [-0.4, -0.2) is 21.4 Å². The SMILES string of the molecule is COc1ccc(C(N)=O)cc1NS(=O)(=O)c1ccc(C)cc1Cl. The van der Waals surface area contributed by atoms with Crippen molar-refractivity contribution in [1.29, 1.82) is 0 Å². The Kier molecular flexibility index (Phi) is 4.82. The van der Waals surface area contributed by atoms with Crippen LogP contribution in [-0.2, 0) is 10.0 Å². The van der Waals surface area contributed by atoms with E-state index in [1.807, 2.05) is 0 Å². The average Bonchev–Trinajstić information content (AvgIpc) is 2.46. The first-order valence-corrected chi connectivity index (χ1v) is 8.37. The Morgan fingerprint density at radius 1 is 1.22 bits per heavy atom. The number of carbonyl (C=O) groups excluding carboxylic acids is 1. The van der Waals surface area contributed by atoms with Gasteiger partial charge >= 0.3 is 0 Å². The number of aryl methyl sites for hydroxylation is 1. The second kappa shape index (κ2) is 6.47. The molecule has 0 bridgehead atoms. The van der Waals surface area contributed by atoms with Gasteiger partial charge < -0.3 is 10.5 Å². The van der Waals surface area contributed by atoms with Gasteiger partial charge in [-0.2, -0.15) is 0 Å². The lowest BCUT2D eigenvalue weighted by Gasteiger charge is -2.13. The third-order valence-corrected chi connectivity index (χ3v) is 4.95. The van der Waals surface area contributed by atoms with E-state index in [9.17, 15) is 13.2 Å². The maximum Gasteiger partial charge on any atom is 0.263 e. The smallest absolute Gasteiger partial charge is 0.263 e. The molecule has 0 spiro atoms. The predicted octanol–water partition coefficient (Wildman–Crippen LogP) is 2.56. The van der Waals surface area contributed by atoms with Crippen molar-refractivity contribution in [1.82, 2.24) is 0 Å². The van der Waals surface area contributed by atoms with E-state index in [1.165, 1.54) is 31.4 Å². The van der Waals surface area contributed by atoms with E-state index in [1.54, 1.807) is 19.1 Å². The van der Waals surface area contributed by atoms with Gasteiger partial charge in [0.2, 0.25) is 5.91 Å². The average molecular weight is 355 g/mol. The van der Waals surface area contributed by atoms with Crippen LogP contribution >= 0.6 is 11.6 Å². The van der Waals surface area contributed by atoms with Crippen molar-refractivity contribution in [3.63, 3.8) is 0 Å². The summed E-state index contributed by atoms with van der Waals surface area (Å²) in [6.07, 6.45) is 0. The molecule has 0 saturated heterocycles. The molecule has 0 unspecified atom stereocenters. The molecule has 6 nitrogen and oxygen atoms in total. The topological polar surface area (TPSA) is 98.5 Å². The number of amides is 1. The zero-order chi connectivity index (χ0) is 17.2. The number of carbonyl (C=O) groups is 1. The fourth-order valence-corrected chi connectivity index (χ4v) is 3.63. The molecule has 3 N–H and O–H groups in total. The number of halogens is 1. The number of rotatable bonds is 5. The molecule has 0 atom stereocenters. The monoisotopic (exact) mass is 354 g/mol. The summed E-state index contributed by atoms with van der Waals surface area (Å²) in [5.74, 6) is -0.428. The summed E-state index contributed by atoms with van der Waals surface area (Å²) in [5.41, 5.74) is 6.30. The van der Waals surface area contributed by atoms with Crippen LogP contribution in [0.2, 0.25) is 5.02 Å². The van der Waals surface area contributed by atoms with Crippen molar-refractivity contribution in [2.75, 3.05) is 11.8 Å². The van der Waals surface area contributed by atoms with E-state index >= 15 is 0 Å². The summed E-state index contributed by atoms with van der Waals surface area (Å²) in [4.78, 5) is 11.2. The summed E-state index contributed by atoms with van der Waals surface area (Å²) < 4.78 is 32.5. The highest BCUT2D eigenvalue weighted by Crippen LogP contribution is 2.30. The molecule has 8 heteroatoms. The number of ether oxygens (including phenoxy) is 1. The Bertz CT molecular complexity index is 866. The first-order chi connectivity index (χ1) is 10.7. The van der Waals surface area contributed by atoms with Gasteiger partial charge in [-0.25, -0.2) is 8.42 Å². The third-order valence-electron chi connectivity index (χ3n) is 3.11. The van der Waals surface area contributed by atoms with Crippen LogP contribution in [0.1, 0.15) is 15.9 Å². The van der Waals surface area contributed by atoms with E-state index < -0.39 is 15.9 Å². The Morgan fingerprint density at radius 2 is 1.91 bits per heavy atom. The molecule has 0 saturated carbocycles. The first-order valence-electron chi connectivity index (χ1n) is 6.51. The van der Waals surface area contributed by atoms with Crippen LogP contribution in [0.25, 0.3) is 0 Å². The molecule has 122 valence electrons. The van der Waals surface area contributed by atoms with Gasteiger partial charge in [-0.3, -0.25) is 9.52 Å². The van der Waals surface area contributed by atoms with Gasteiger partial charge in [0.25, 0.3) is 10.0 Å². The number of methoxy groups -OCH3 is 1. The van der Waals surface area contributed by atoms with Gasteiger partial charge in [-0.15, -0.1) is 0 Å². The van der Waals surface area contributed by atoms with Gasteiger partial charge in [0.15, 0.2) is 0 Å². The number of primary amides is 1. The predicted molar refractivity (Wildman–Crippen MR) is 88.5 cm³/mol. The third kappa shape index (κ3) is 3.75.